The topological polar surface area (TPSA) is 44.5 Å². The number of nitrogens with two attached hydrogens (primary N) is 1. The van der Waals surface area contributed by atoms with E-state index < -0.39 is 0 Å². The van der Waals surface area contributed by atoms with E-state index in [0.29, 0.717) is 13.2 Å². The Kier molecular flexibility index (Phi) is 4.08. The molecule has 2 aromatic rings. The highest BCUT2D eigenvalue weighted by Gasteiger charge is 2.12. The molecule has 0 fully saturated rings. The Morgan fingerprint density at radius 2 is 1.80 bits per heavy atom. The van der Waals surface area contributed by atoms with Crippen LogP contribution in [-0.2, 0) is 0 Å². The van der Waals surface area contributed by atoms with E-state index in [-0.39, 0.29) is 0 Å². The Morgan fingerprint density at radius 3 is 2.65 bits per heavy atom. The van der Waals surface area contributed by atoms with Crippen LogP contribution in [0.1, 0.15) is 6.42 Å². The number of rotatable bonds is 2. The molecule has 0 aromatic heterocycles. The molecule has 20 heavy (non-hydrogen) atoms. The number of hydrogen-bond acceptors (Lipinski definition) is 4. The van der Waals surface area contributed by atoms with Gasteiger partial charge in [-0.25, -0.2) is 0 Å². The van der Waals surface area contributed by atoms with E-state index in [9.17, 15) is 0 Å². The first-order chi connectivity index (χ1) is 9.72. The zero-order valence-corrected chi connectivity index (χ0v) is 13.2. The largest absolute Gasteiger partial charge is 0.490 e. The molecule has 3 rings (SSSR count). The number of fused-ring (bicyclic) bond motifs is 1. The second-order valence-corrected chi connectivity index (χ2v) is 6.47. The van der Waals surface area contributed by atoms with Crippen molar-refractivity contribution in [2.24, 2.45) is 0 Å². The van der Waals surface area contributed by atoms with Crippen molar-refractivity contribution in [3.05, 3.63) is 40.9 Å². The van der Waals surface area contributed by atoms with Crippen molar-refractivity contribution in [3.63, 3.8) is 0 Å². The fourth-order valence-electron chi connectivity index (χ4n) is 1.93. The fourth-order valence-corrected chi connectivity index (χ4v) is 3.37. The van der Waals surface area contributed by atoms with E-state index in [4.69, 9.17) is 15.2 Å². The molecule has 5 heteroatoms. The number of anilines is 1. The monoisotopic (exact) mass is 351 g/mol. The molecule has 104 valence electrons. The third-order valence-corrected chi connectivity index (χ3v) is 4.48. The molecule has 3 nitrogen and oxygen atoms in total. The summed E-state index contributed by atoms with van der Waals surface area (Å²) >= 11 is 5.08. The predicted molar refractivity (Wildman–Crippen MR) is 84.7 cm³/mol. The summed E-state index contributed by atoms with van der Waals surface area (Å²) in [6.45, 7) is 1.40. The molecule has 0 amide bonds. The second-order valence-electron chi connectivity index (χ2n) is 4.44. The maximum absolute atomic E-state index is 6.00. The van der Waals surface area contributed by atoms with Crippen molar-refractivity contribution >= 4 is 33.4 Å². The Morgan fingerprint density at radius 1 is 1.00 bits per heavy atom. The summed E-state index contributed by atoms with van der Waals surface area (Å²) in [6, 6.07) is 11.8. The molecule has 0 unspecified atom stereocenters. The standard InChI is InChI=1S/C15H14BrNO2S/c16-10-2-4-12(17)15(8-10)20-11-3-5-13-14(9-11)19-7-1-6-18-13/h2-5,8-9H,1,6-7,17H2. The highest BCUT2D eigenvalue weighted by atomic mass is 79.9. The first-order valence-corrected chi connectivity index (χ1v) is 7.96. The number of benzene rings is 2. The lowest BCUT2D eigenvalue weighted by atomic mass is 10.3. The average molecular weight is 352 g/mol. The van der Waals surface area contributed by atoms with Crippen LogP contribution in [-0.4, -0.2) is 13.2 Å². The molecule has 1 heterocycles. The first kappa shape index (κ1) is 13.6. The van der Waals surface area contributed by atoms with Crippen LogP contribution in [0.15, 0.2) is 50.7 Å². The summed E-state index contributed by atoms with van der Waals surface area (Å²) < 4.78 is 12.3. The van der Waals surface area contributed by atoms with Crippen molar-refractivity contribution in [2.45, 2.75) is 16.2 Å². The van der Waals surface area contributed by atoms with Crippen LogP contribution in [0, 0.1) is 0 Å². The number of hydrogen-bond donors (Lipinski definition) is 1. The molecule has 0 bridgehead atoms. The quantitative estimate of drug-likeness (QED) is 0.817. The summed E-state index contributed by atoms with van der Waals surface area (Å²) in [5.74, 6) is 1.62. The number of halogens is 1. The van der Waals surface area contributed by atoms with Gasteiger partial charge in [-0.2, -0.15) is 0 Å². The first-order valence-electron chi connectivity index (χ1n) is 6.35. The number of nitrogen functional groups attached to an aromatic ring is 1. The van der Waals surface area contributed by atoms with Gasteiger partial charge in [-0.1, -0.05) is 27.7 Å². The third-order valence-electron chi connectivity index (χ3n) is 2.92. The van der Waals surface area contributed by atoms with Gasteiger partial charge in [0.25, 0.3) is 0 Å². The van der Waals surface area contributed by atoms with Gasteiger partial charge in [0.15, 0.2) is 11.5 Å². The SMILES string of the molecule is Nc1ccc(Br)cc1Sc1ccc2c(c1)OCCCO2. The van der Waals surface area contributed by atoms with Gasteiger partial charge in [0, 0.05) is 26.4 Å². The fraction of sp³-hybridized carbons (Fsp3) is 0.200. The number of ether oxygens (including phenoxy) is 2. The Labute approximate surface area is 130 Å². The minimum Gasteiger partial charge on any atom is -0.490 e. The van der Waals surface area contributed by atoms with Crippen LogP contribution in [0.5, 0.6) is 11.5 Å². The van der Waals surface area contributed by atoms with Crippen LogP contribution in [0.2, 0.25) is 0 Å². The van der Waals surface area contributed by atoms with Gasteiger partial charge in [0.1, 0.15) is 0 Å². The van der Waals surface area contributed by atoms with Crippen LogP contribution in [0.25, 0.3) is 0 Å². The van der Waals surface area contributed by atoms with E-state index in [1.807, 2.05) is 36.4 Å². The maximum Gasteiger partial charge on any atom is 0.162 e. The van der Waals surface area contributed by atoms with Crippen molar-refractivity contribution in [3.8, 4) is 11.5 Å². The van der Waals surface area contributed by atoms with Crippen molar-refractivity contribution in [1.29, 1.82) is 0 Å². The molecule has 1 aliphatic heterocycles. The van der Waals surface area contributed by atoms with Gasteiger partial charge in [0.2, 0.25) is 0 Å². The molecule has 0 radical (unpaired) electrons. The summed E-state index contributed by atoms with van der Waals surface area (Å²) in [5, 5.41) is 0. The summed E-state index contributed by atoms with van der Waals surface area (Å²) in [4.78, 5) is 2.10. The molecule has 0 saturated heterocycles. The molecule has 2 N–H and O–H groups in total. The zero-order valence-electron chi connectivity index (χ0n) is 10.8. The van der Waals surface area contributed by atoms with Crippen molar-refractivity contribution in [1.82, 2.24) is 0 Å². The van der Waals surface area contributed by atoms with E-state index >= 15 is 0 Å². The van der Waals surface area contributed by atoms with Gasteiger partial charge >= 0.3 is 0 Å². The van der Waals surface area contributed by atoms with Crippen LogP contribution in [0.3, 0.4) is 0 Å². The molecule has 1 aliphatic rings. The molecule has 0 saturated carbocycles. The lowest BCUT2D eigenvalue weighted by molar-refractivity contribution is 0.297. The van der Waals surface area contributed by atoms with Crippen LogP contribution < -0.4 is 15.2 Å². The van der Waals surface area contributed by atoms with Gasteiger partial charge in [0.05, 0.1) is 13.2 Å². The van der Waals surface area contributed by atoms with E-state index in [2.05, 4.69) is 15.9 Å². The third kappa shape index (κ3) is 3.04. The highest BCUT2D eigenvalue weighted by Crippen LogP contribution is 2.39. The molecular weight excluding hydrogens is 338 g/mol. The van der Waals surface area contributed by atoms with Gasteiger partial charge < -0.3 is 15.2 Å². The van der Waals surface area contributed by atoms with Crippen LogP contribution in [0.4, 0.5) is 5.69 Å². The Balaban J connectivity index is 1.87. The minimum absolute atomic E-state index is 0.695. The lowest BCUT2D eigenvalue weighted by Crippen LogP contribution is -1.97. The molecular formula is C15H14BrNO2S. The van der Waals surface area contributed by atoms with E-state index in [0.717, 1.165) is 37.9 Å². The molecule has 0 aliphatic carbocycles. The Bertz CT molecular complexity index is 633. The van der Waals surface area contributed by atoms with Gasteiger partial charge in [-0.3, -0.25) is 0 Å². The summed E-state index contributed by atoms with van der Waals surface area (Å²) in [5.41, 5.74) is 6.77. The zero-order chi connectivity index (χ0) is 13.9. The van der Waals surface area contributed by atoms with Crippen LogP contribution >= 0.6 is 27.7 Å². The second kappa shape index (κ2) is 5.97. The van der Waals surface area contributed by atoms with E-state index in [1.165, 1.54) is 0 Å². The summed E-state index contributed by atoms with van der Waals surface area (Å²) in [6.07, 6.45) is 0.912. The smallest absolute Gasteiger partial charge is 0.162 e. The average Bonchev–Trinajstić information content (AvgIpc) is 2.67. The molecule has 2 aromatic carbocycles. The lowest BCUT2D eigenvalue weighted by Gasteiger charge is -2.10. The summed E-state index contributed by atoms with van der Waals surface area (Å²) in [7, 11) is 0. The van der Waals surface area contributed by atoms with E-state index in [1.54, 1.807) is 11.8 Å². The maximum atomic E-state index is 6.00. The molecule has 0 spiro atoms. The van der Waals surface area contributed by atoms with Crippen molar-refractivity contribution < 1.29 is 9.47 Å². The normalized spacial score (nSPS) is 13.8. The highest BCUT2D eigenvalue weighted by molar-refractivity contribution is 9.10. The molecule has 0 atom stereocenters. The predicted octanol–water partition coefficient (Wildman–Crippen LogP) is 4.34. The van der Waals surface area contributed by atoms with Gasteiger partial charge in [-0.15, -0.1) is 0 Å². The van der Waals surface area contributed by atoms with Gasteiger partial charge in [-0.05, 0) is 36.4 Å². The van der Waals surface area contributed by atoms with Crippen molar-refractivity contribution in [2.75, 3.05) is 18.9 Å². The minimum atomic E-state index is 0.695. The Hall–Kier alpha value is -1.33.